The van der Waals surface area contributed by atoms with Crippen molar-refractivity contribution in [1.82, 2.24) is 14.7 Å². The topological polar surface area (TPSA) is 26.8 Å². The van der Waals surface area contributed by atoms with Crippen LogP contribution in [-0.4, -0.2) is 72.0 Å². The van der Waals surface area contributed by atoms with Crippen molar-refractivity contribution in [2.24, 2.45) is 0 Å². The number of piperazine rings is 2. The largest absolute Gasteiger partial charge is 0.335 e. The molecule has 120 valence electrons. The summed E-state index contributed by atoms with van der Waals surface area (Å²) < 4.78 is 0. The average Bonchev–Trinajstić information content (AvgIpc) is 2.46. The van der Waals surface area contributed by atoms with Gasteiger partial charge in [0.05, 0.1) is 0 Å². The fourth-order valence-corrected chi connectivity index (χ4v) is 3.90. The van der Waals surface area contributed by atoms with Gasteiger partial charge in [-0.3, -0.25) is 9.69 Å². The lowest BCUT2D eigenvalue weighted by molar-refractivity contribution is -0.0514. The summed E-state index contributed by atoms with van der Waals surface area (Å²) in [4.78, 5) is 19.7. The van der Waals surface area contributed by atoms with Gasteiger partial charge in [-0.25, -0.2) is 0 Å². The standard InChI is InChI=1S/C17H24ClN3O/c1-17(2)12-20(11-15-10-19(3)8-9-21(15)17)16(22)13-4-6-14(18)7-5-13/h4-7,15H,8-12H2,1-3H3. The van der Waals surface area contributed by atoms with Crippen LogP contribution in [0.4, 0.5) is 0 Å². The molecule has 0 aromatic heterocycles. The molecule has 22 heavy (non-hydrogen) atoms. The number of carbonyl (C=O) groups is 1. The molecule has 0 N–H and O–H groups in total. The molecule has 5 heteroatoms. The first kappa shape index (κ1) is 15.8. The highest BCUT2D eigenvalue weighted by atomic mass is 35.5. The maximum absolute atomic E-state index is 12.8. The van der Waals surface area contributed by atoms with Gasteiger partial charge < -0.3 is 9.80 Å². The van der Waals surface area contributed by atoms with Gasteiger partial charge in [0.25, 0.3) is 5.91 Å². The van der Waals surface area contributed by atoms with Crippen molar-refractivity contribution in [1.29, 1.82) is 0 Å². The quantitative estimate of drug-likeness (QED) is 0.793. The Labute approximate surface area is 137 Å². The van der Waals surface area contributed by atoms with E-state index in [0.717, 1.165) is 38.3 Å². The number of likely N-dealkylation sites (N-methyl/N-ethyl adjacent to an activating group) is 1. The number of fused-ring (bicyclic) bond motifs is 1. The van der Waals surface area contributed by atoms with E-state index in [-0.39, 0.29) is 11.4 Å². The molecule has 2 aliphatic heterocycles. The number of hydrogen-bond acceptors (Lipinski definition) is 3. The number of rotatable bonds is 1. The molecule has 1 aromatic rings. The van der Waals surface area contributed by atoms with Crippen LogP contribution in [0.15, 0.2) is 24.3 Å². The second kappa shape index (κ2) is 5.84. The maximum atomic E-state index is 12.8. The Bertz CT molecular complexity index is 558. The van der Waals surface area contributed by atoms with E-state index in [1.807, 2.05) is 17.0 Å². The third-order valence-corrected chi connectivity index (χ3v) is 5.10. The van der Waals surface area contributed by atoms with Crippen LogP contribution in [0.1, 0.15) is 24.2 Å². The Kier molecular flexibility index (Phi) is 4.19. The lowest BCUT2D eigenvalue weighted by Gasteiger charge is -2.55. The minimum Gasteiger partial charge on any atom is -0.335 e. The van der Waals surface area contributed by atoms with E-state index in [0.29, 0.717) is 11.1 Å². The van der Waals surface area contributed by atoms with Crippen molar-refractivity contribution >= 4 is 17.5 Å². The van der Waals surface area contributed by atoms with E-state index >= 15 is 0 Å². The fourth-order valence-electron chi connectivity index (χ4n) is 3.77. The summed E-state index contributed by atoms with van der Waals surface area (Å²) in [6.45, 7) is 9.26. The van der Waals surface area contributed by atoms with E-state index in [4.69, 9.17) is 11.6 Å². The predicted molar refractivity (Wildman–Crippen MR) is 89.4 cm³/mol. The second-order valence-electron chi connectivity index (χ2n) is 7.11. The van der Waals surface area contributed by atoms with Gasteiger partial charge in [0.15, 0.2) is 0 Å². The summed E-state index contributed by atoms with van der Waals surface area (Å²) in [5.74, 6) is 0.109. The molecule has 0 radical (unpaired) electrons. The highest BCUT2D eigenvalue weighted by Gasteiger charge is 2.43. The third kappa shape index (κ3) is 3.00. The monoisotopic (exact) mass is 321 g/mol. The van der Waals surface area contributed by atoms with Gasteiger partial charge in [0, 0.05) is 54.9 Å². The molecular formula is C17H24ClN3O. The zero-order valence-corrected chi connectivity index (χ0v) is 14.3. The van der Waals surface area contributed by atoms with Crippen LogP contribution in [0, 0.1) is 0 Å². The Hall–Kier alpha value is -1.10. The molecule has 3 rings (SSSR count). The SMILES string of the molecule is CN1CCN2C(C1)CN(C(=O)c1ccc(Cl)cc1)CC2(C)C. The first-order valence-electron chi connectivity index (χ1n) is 7.87. The molecule has 0 saturated carbocycles. The highest BCUT2D eigenvalue weighted by molar-refractivity contribution is 6.30. The summed E-state index contributed by atoms with van der Waals surface area (Å²) in [6, 6.07) is 7.61. The minimum atomic E-state index is 0.0201. The Balaban J connectivity index is 1.80. The van der Waals surface area contributed by atoms with Crippen molar-refractivity contribution in [2.75, 3.05) is 39.8 Å². The normalized spacial score (nSPS) is 25.8. The predicted octanol–water partition coefficient (Wildman–Crippen LogP) is 2.19. The zero-order valence-electron chi connectivity index (χ0n) is 13.6. The van der Waals surface area contributed by atoms with Crippen molar-refractivity contribution in [3.63, 3.8) is 0 Å². The van der Waals surface area contributed by atoms with Crippen LogP contribution < -0.4 is 0 Å². The lowest BCUT2D eigenvalue weighted by Crippen LogP contribution is -2.69. The molecule has 2 heterocycles. The summed E-state index contributed by atoms with van der Waals surface area (Å²) in [5.41, 5.74) is 0.740. The Morgan fingerprint density at radius 2 is 1.86 bits per heavy atom. The van der Waals surface area contributed by atoms with Crippen molar-refractivity contribution < 1.29 is 4.79 Å². The number of nitrogens with zero attached hydrogens (tertiary/aromatic N) is 3. The molecule has 1 unspecified atom stereocenters. The van der Waals surface area contributed by atoms with Crippen molar-refractivity contribution in [3.8, 4) is 0 Å². The van der Waals surface area contributed by atoms with E-state index in [1.165, 1.54) is 0 Å². The van der Waals surface area contributed by atoms with Gasteiger partial charge in [0.1, 0.15) is 0 Å². The fraction of sp³-hybridized carbons (Fsp3) is 0.588. The summed E-state index contributed by atoms with van der Waals surface area (Å²) in [7, 11) is 2.16. The molecule has 0 spiro atoms. The molecular weight excluding hydrogens is 298 g/mol. The molecule has 2 saturated heterocycles. The third-order valence-electron chi connectivity index (χ3n) is 4.85. The van der Waals surface area contributed by atoms with Gasteiger partial charge >= 0.3 is 0 Å². The van der Waals surface area contributed by atoms with Crippen LogP contribution in [-0.2, 0) is 0 Å². The number of hydrogen-bond donors (Lipinski definition) is 0. The molecule has 1 aromatic carbocycles. The second-order valence-corrected chi connectivity index (χ2v) is 7.55. The summed E-state index contributed by atoms with van der Waals surface area (Å²) >= 11 is 5.92. The van der Waals surface area contributed by atoms with Gasteiger partial charge in [-0.15, -0.1) is 0 Å². The first-order valence-corrected chi connectivity index (χ1v) is 8.25. The molecule has 1 amide bonds. The molecule has 1 atom stereocenters. The zero-order chi connectivity index (χ0) is 15.9. The smallest absolute Gasteiger partial charge is 0.253 e. The Morgan fingerprint density at radius 3 is 2.55 bits per heavy atom. The molecule has 0 bridgehead atoms. The average molecular weight is 322 g/mol. The van der Waals surface area contributed by atoms with Gasteiger partial charge in [-0.2, -0.15) is 0 Å². The van der Waals surface area contributed by atoms with Gasteiger partial charge in [0.2, 0.25) is 0 Å². The minimum absolute atomic E-state index is 0.0201. The highest BCUT2D eigenvalue weighted by Crippen LogP contribution is 2.28. The molecule has 2 fully saturated rings. The number of benzene rings is 1. The van der Waals surface area contributed by atoms with Crippen LogP contribution >= 0.6 is 11.6 Å². The van der Waals surface area contributed by atoms with E-state index in [2.05, 4.69) is 30.7 Å². The van der Waals surface area contributed by atoms with E-state index in [9.17, 15) is 4.79 Å². The van der Waals surface area contributed by atoms with Crippen molar-refractivity contribution in [2.45, 2.75) is 25.4 Å². The van der Waals surface area contributed by atoms with Crippen LogP contribution in [0.3, 0.4) is 0 Å². The number of amides is 1. The number of halogens is 1. The van der Waals surface area contributed by atoms with Crippen molar-refractivity contribution in [3.05, 3.63) is 34.9 Å². The van der Waals surface area contributed by atoms with E-state index in [1.54, 1.807) is 12.1 Å². The number of carbonyl (C=O) groups excluding carboxylic acids is 1. The van der Waals surface area contributed by atoms with Crippen LogP contribution in [0.25, 0.3) is 0 Å². The summed E-state index contributed by atoms with van der Waals surface area (Å²) in [6.07, 6.45) is 0. The lowest BCUT2D eigenvalue weighted by atomic mass is 9.92. The van der Waals surface area contributed by atoms with Gasteiger partial charge in [-0.05, 0) is 45.2 Å². The van der Waals surface area contributed by atoms with E-state index < -0.39 is 0 Å². The van der Waals surface area contributed by atoms with Gasteiger partial charge in [-0.1, -0.05) is 11.6 Å². The molecule has 0 aliphatic carbocycles. The first-order chi connectivity index (χ1) is 10.4. The molecule has 4 nitrogen and oxygen atoms in total. The molecule has 2 aliphatic rings. The summed E-state index contributed by atoms with van der Waals surface area (Å²) in [5, 5.41) is 0.663. The van der Waals surface area contributed by atoms with Crippen LogP contribution in [0.2, 0.25) is 5.02 Å². The maximum Gasteiger partial charge on any atom is 0.253 e. The van der Waals surface area contributed by atoms with Crippen LogP contribution in [0.5, 0.6) is 0 Å². The Morgan fingerprint density at radius 1 is 1.18 bits per heavy atom.